The zero-order chi connectivity index (χ0) is 93.7. The molecule has 30 aliphatic rings. The van der Waals surface area contributed by atoms with Crippen molar-refractivity contribution in [3.05, 3.63) is 0 Å². The number of aliphatic hydroxyl groups excluding tert-OH is 16. The van der Waals surface area contributed by atoms with Crippen molar-refractivity contribution >= 4 is 142 Å². The highest BCUT2D eigenvalue weighted by Gasteiger charge is 2.61. The van der Waals surface area contributed by atoms with E-state index in [0.717, 1.165) is 94.1 Å². The first-order valence-electron chi connectivity index (χ1n) is 40.8. The predicted molar refractivity (Wildman–Crippen MR) is 444 cm³/mol. The number of ketones is 1. The third kappa shape index (κ3) is 30.7. The van der Waals surface area contributed by atoms with Gasteiger partial charge in [-0.3, -0.25) is 38.4 Å². The lowest BCUT2D eigenvalue weighted by atomic mass is 9.95. The van der Waals surface area contributed by atoms with Crippen molar-refractivity contribution in [2.24, 2.45) is 0 Å². The molecular formula is C73H114O47S8. The highest BCUT2D eigenvalue weighted by molar-refractivity contribution is 8.00. The van der Waals surface area contributed by atoms with Gasteiger partial charge in [0.25, 0.3) is 0 Å². The maximum absolute atomic E-state index is 12.3. The summed E-state index contributed by atoms with van der Waals surface area (Å²) in [5.41, 5.74) is 0. The van der Waals surface area contributed by atoms with Gasteiger partial charge in [0.05, 0.1) is 93.8 Å². The number of hydrogen-bond acceptors (Lipinski definition) is 48. The van der Waals surface area contributed by atoms with E-state index in [-0.39, 0.29) is 104 Å². The smallest absolute Gasteiger partial charge is 0.304 e. The van der Waals surface area contributed by atoms with Crippen molar-refractivity contribution in [3.63, 3.8) is 0 Å². The highest BCUT2D eigenvalue weighted by Crippen LogP contribution is 2.43. The van der Waals surface area contributed by atoms with Gasteiger partial charge in [-0.15, -0.1) is 0 Å². The number of aliphatic carboxylic acids is 7. The summed E-state index contributed by atoms with van der Waals surface area (Å²) >= 11 is 7.28. The van der Waals surface area contributed by atoms with E-state index in [4.69, 9.17) is 75.8 Å². The van der Waals surface area contributed by atoms with Crippen molar-refractivity contribution < 1.29 is 232 Å². The molecule has 0 aromatic carbocycles. The van der Waals surface area contributed by atoms with Crippen LogP contribution in [0.4, 0.5) is 0 Å². The lowest BCUT2D eigenvalue weighted by molar-refractivity contribution is -0.396. The molecule has 47 nitrogen and oxygen atoms in total. The van der Waals surface area contributed by atoms with E-state index in [9.17, 15) is 156 Å². The molecule has 30 rings (SSSR count). The topological polar surface area (TPSA) is 750 Å². The molecule has 30 aliphatic heterocycles. The summed E-state index contributed by atoms with van der Waals surface area (Å²) in [7, 11) is 0. The first-order valence-corrected chi connectivity index (χ1v) is 50.0. The third-order valence-electron chi connectivity index (χ3n) is 21.5. The van der Waals surface area contributed by atoms with Crippen LogP contribution in [0, 0.1) is 0 Å². The van der Waals surface area contributed by atoms with Crippen LogP contribution in [0.25, 0.3) is 0 Å². The number of thioether (sulfide) groups is 8. The van der Waals surface area contributed by atoms with E-state index in [1.807, 2.05) is 0 Å². The number of carboxylic acids is 7. The minimum Gasteiger partial charge on any atom is -0.481 e. The lowest BCUT2D eigenvalue weighted by Crippen LogP contribution is -2.69. The monoisotopic (exact) mass is 2000 g/mol. The van der Waals surface area contributed by atoms with Crippen molar-refractivity contribution in [2.75, 3.05) is 92.0 Å². The first-order chi connectivity index (χ1) is 60.7. The van der Waals surface area contributed by atoms with Gasteiger partial charge in [0.15, 0.2) is 50.3 Å². The minimum atomic E-state index is -2.32. The number of Topliss-reactive ketones (excluding diaryl/α,β-unsaturated/α-hetero) is 1. The van der Waals surface area contributed by atoms with Gasteiger partial charge in [-0.1, -0.05) is 0 Å². The first kappa shape index (κ1) is 109. The van der Waals surface area contributed by atoms with Crippen LogP contribution in [-0.2, 0) is 114 Å². The standard InChI is InChI=1S/C73H114O47S8/c1-26(74)2-10-121-18-27-58-42(89)50(97)66(105-27)114-59-28(19-122-11-3-35(75)76)107-68(52(99)44(59)91)116-61-30(21-124-13-5-37(79)80)109-70(54(101)46(61)93)118-63-32(23-126-15-7-39(83)84)111-72(56(103)48(63)95)120-65-34(25-128-17-9-41(87)88)112-73(57(104)49(65)96)119-64-33(24-127-16-8-40(85)86)110-71(55(102)47(64)94)117-62-31(22-125-14-6-38(81)82)108-69(53(100)45(62)92)115-60-29(20-123-12-4-36(77)78)106-67(113-58)51(98)43(60)90/h27-34,42-73,89-104H,2-25H2,1H3,(H,75,76)(H,77,78)(H,79,80)(H,81,82)(H,83,84)(H,85,86)(H,87,88). The molecule has 0 radical (unpaired) electrons. The molecule has 30 heterocycles. The molecule has 0 aromatic rings. The Bertz CT molecular complexity index is 2830. The molecular weight excluding hydrogens is 1890 g/mol. The Hall–Kier alpha value is -2.52. The quantitative estimate of drug-likeness (QED) is 0.0254. The average Bonchev–Trinajstić information content (AvgIpc) is 0.770. The van der Waals surface area contributed by atoms with Gasteiger partial charge in [-0.2, -0.15) is 94.1 Å². The predicted octanol–water partition coefficient (Wildman–Crippen LogP) is -7.18. The van der Waals surface area contributed by atoms with Crippen LogP contribution in [0.15, 0.2) is 0 Å². The summed E-state index contributed by atoms with van der Waals surface area (Å²) in [6.07, 6.45) is -84.6. The molecule has 55 heteroatoms. The van der Waals surface area contributed by atoms with Gasteiger partial charge in [0.1, 0.15) is 152 Å². The Morgan fingerprint density at radius 2 is 0.289 bits per heavy atom. The Morgan fingerprint density at radius 1 is 0.180 bits per heavy atom. The largest absolute Gasteiger partial charge is 0.481 e. The number of hydrogen-bond donors (Lipinski definition) is 23. The number of carboxylic acid groups (broad SMARTS) is 7. The number of rotatable bonds is 40. The molecule has 16 bridgehead atoms. The van der Waals surface area contributed by atoms with E-state index in [1.165, 1.54) is 6.92 Å². The SMILES string of the molecule is CC(=O)CCSCC1OC2OC3C(CSCCC(=O)O)OC(OC4C(CSCCC(=O)O)OC(OC5C(CSCCC(=O)O)OC(OC6C(CSCCC(=O)O)OC(OC7C(CSCCC(=O)O)OC(OC8C(CSCCC(=O)O)OC(OC9C(CSCCC(=O)O)OC(OC1C(O)C2O)C(O)C9O)C(O)C8O)C(O)C7O)C(O)C6O)C(O)C5O)C(O)C4O)C(O)C3O. The van der Waals surface area contributed by atoms with Gasteiger partial charge in [-0.05, 0) is 6.92 Å². The van der Waals surface area contributed by atoms with E-state index >= 15 is 0 Å². The fourth-order valence-corrected chi connectivity index (χ4v) is 22.7. The molecule has 30 fully saturated rings. The molecule has 23 N–H and O–H groups in total. The van der Waals surface area contributed by atoms with Crippen LogP contribution < -0.4 is 0 Å². The van der Waals surface area contributed by atoms with Gasteiger partial charge in [0, 0.05) is 98.5 Å². The van der Waals surface area contributed by atoms with Gasteiger partial charge in [-0.25, -0.2) is 0 Å². The molecule has 40 unspecified atom stereocenters. The number of aliphatic hydroxyl groups is 16. The molecule has 0 spiro atoms. The molecule has 0 aliphatic carbocycles. The Morgan fingerprint density at radius 3 is 0.391 bits per heavy atom. The molecule has 128 heavy (non-hydrogen) atoms. The van der Waals surface area contributed by atoms with E-state index in [2.05, 4.69) is 0 Å². The summed E-state index contributed by atoms with van der Waals surface area (Å²) < 4.78 is 101. The highest BCUT2D eigenvalue weighted by atomic mass is 32.2. The van der Waals surface area contributed by atoms with Crippen molar-refractivity contribution in [3.8, 4) is 0 Å². The zero-order valence-electron chi connectivity index (χ0n) is 68.4. The molecule has 736 valence electrons. The van der Waals surface area contributed by atoms with Crippen molar-refractivity contribution in [1.82, 2.24) is 0 Å². The van der Waals surface area contributed by atoms with E-state index < -0.39 is 332 Å². The van der Waals surface area contributed by atoms with E-state index in [1.54, 1.807) is 0 Å². The summed E-state index contributed by atoms with van der Waals surface area (Å²) in [5, 5.41) is 263. The normalized spacial score (nSPS) is 41.5. The summed E-state index contributed by atoms with van der Waals surface area (Å²) in [5.74, 6) is -12.8. The lowest BCUT2D eigenvalue weighted by Gasteiger charge is -2.51. The number of carbonyl (C=O) groups is 8. The zero-order valence-corrected chi connectivity index (χ0v) is 74.9. The van der Waals surface area contributed by atoms with Crippen LogP contribution in [0.1, 0.15) is 58.3 Å². The summed E-state index contributed by atoms with van der Waals surface area (Å²) in [6, 6.07) is 0. The van der Waals surface area contributed by atoms with Gasteiger partial charge < -0.3 is 193 Å². The van der Waals surface area contributed by atoms with Crippen LogP contribution in [-0.4, -0.2) is 503 Å². The van der Waals surface area contributed by atoms with Crippen molar-refractivity contribution in [2.45, 2.75) is 304 Å². The molecule has 0 amide bonds. The second-order valence-corrected chi connectivity index (χ2v) is 40.3. The summed E-state index contributed by atoms with van der Waals surface area (Å²) in [4.78, 5) is 94.8. The van der Waals surface area contributed by atoms with Crippen LogP contribution in [0.3, 0.4) is 0 Å². The van der Waals surface area contributed by atoms with Gasteiger partial charge >= 0.3 is 41.8 Å². The second-order valence-electron chi connectivity index (χ2n) is 31.1. The van der Waals surface area contributed by atoms with Crippen LogP contribution >= 0.6 is 94.1 Å². The molecule has 0 aromatic heterocycles. The number of carbonyl (C=O) groups excluding carboxylic acids is 1. The molecule has 30 saturated heterocycles. The Kier molecular flexibility index (Phi) is 45.1. The third-order valence-corrected chi connectivity index (χ3v) is 30.0. The summed E-state index contributed by atoms with van der Waals surface area (Å²) in [6.45, 7) is 1.30. The average molecular weight is 2000 g/mol. The van der Waals surface area contributed by atoms with Crippen molar-refractivity contribution in [1.29, 1.82) is 0 Å². The maximum Gasteiger partial charge on any atom is 0.304 e. The maximum atomic E-state index is 12.3. The van der Waals surface area contributed by atoms with Crippen LogP contribution in [0.2, 0.25) is 0 Å². The van der Waals surface area contributed by atoms with Crippen LogP contribution in [0.5, 0.6) is 0 Å². The van der Waals surface area contributed by atoms with Gasteiger partial charge in [0.2, 0.25) is 0 Å². The fraction of sp³-hybridized carbons (Fsp3) is 0.890. The molecule has 0 saturated carbocycles. The van der Waals surface area contributed by atoms with E-state index in [0.29, 0.717) is 0 Å². The fourth-order valence-electron chi connectivity index (χ4n) is 14.7. The Balaban J connectivity index is 1.12. The second kappa shape index (κ2) is 52.9. The number of ether oxygens (including phenoxy) is 16. The minimum absolute atomic E-state index is 0.0187. The Labute approximate surface area is 764 Å². The molecule has 40 atom stereocenters.